The molecule has 0 aromatic carbocycles. The summed E-state index contributed by atoms with van der Waals surface area (Å²) in [6, 6.07) is 7.10. The van der Waals surface area contributed by atoms with Gasteiger partial charge in [0.1, 0.15) is 0 Å². The zero-order valence-corrected chi connectivity index (χ0v) is 8.60. The number of hydrogen-bond acceptors (Lipinski definition) is 2. The van der Waals surface area contributed by atoms with Crippen molar-refractivity contribution in [2.45, 2.75) is 19.8 Å². The van der Waals surface area contributed by atoms with Crippen LogP contribution in [-0.4, -0.2) is 14.8 Å². The normalized spacial score (nSPS) is 10.5. The van der Waals surface area contributed by atoms with Crippen molar-refractivity contribution in [1.82, 2.24) is 14.8 Å². The molecule has 0 saturated carbocycles. The van der Waals surface area contributed by atoms with Crippen molar-refractivity contribution in [2.24, 2.45) is 0 Å². The summed E-state index contributed by atoms with van der Waals surface area (Å²) in [7, 11) is 0. The van der Waals surface area contributed by atoms with Crippen LogP contribution in [-0.2, 0) is 6.42 Å². The summed E-state index contributed by atoms with van der Waals surface area (Å²) in [6.07, 6.45) is 3.57. The van der Waals surface area contributed by atoms with Gasteiger partial charge in [0, 0.05) is 18.0 Å². The molecule has 0 atom stereocenters. The maximum Gasteiger partial charge on any atom is 0.272 e. The summed E-state index contributed by atoms with van der Waals surface area (Å²) in [5.74, 6) is 0.629. The van der Waals surface area contributed by atoms with Gasteiger partial charge < -0.3 is 0 Å². The Labute approximate surface area is 87.6 Å². The molecule has 2 aromatic rings. The fourth-order valence-electron chi connectivity index (χ4n) is 1.50. The van der Waals surface area contributed by atoms with Gasteiger partial charge in [-0.3, -0.25) is 9.89 Å². The number of nitrogens with zero attached hydrogens (tertiary/aromatic N) is 2. The van der Waals surface area contributed by atoms with E-state index in [1.807, 2.05) is 12.1 Å². The average Bonchev–Trinajstić information content (AvgIpc) is 2.61. The molecule has 1 N–H and O–H groups in total. The quantitative estimate of drug-likeness (QED) is 0.822. The summed E-state index contributed by atoms with van der Waals surface area (Å²) >= 11 is 0. The van der Waals surface area contributed by atoms with Crippen LogP contribution >= 0.6 is 0 Å². The highest BCUT2D eigenvalue weighted by Gasteiger charge is 2.04. The number of H-pyrrole nitrogens is 1. The van der Waals surface area contributed by atoms with E-state index in [2.05, 4.69) is 17.0 Å². The fraction of sp³-hybridized carbons (Fsp3) is 0.273. The van der Waals surface area contributed by atoms with E-state index in [1.165, 1.54) is 4.68 Å². The van der Waals surface area contributed by atoms with Crippen LogP contribution in [0, 0.1) is 0 Å². The third-order valence-corrected chi connectivity index (χ3v) is 2.17. The maximum atomic E-state index is 11.6. The molecule has 4 heteroatoms. The number of aryl methyl sites for hydroxylation is 1. The highest BCUT2D eigenvalue weighted by molar-refractivity contribution is 5.21. The van der Waals surface area contributed by atoms with E-state index in [0.717, 1.165) is 18.5 Å². The monoisotopic (exact) mass is 203 g/mol. The molecule has 0 bridgehead atoms. The zero-order chi connectivity index (χ0) is 10.7. The van der Waals surface area contributed by atoms with Gasteiger partial charge in [-0.15, -0.1) is 0 Å². The molecular formula is C11H13N3O. The first-order valence-electron chi connectivity index (χ1n) is 5.03. The van der Waals surface area contributed by atoms with E-state index in [0.29, 0.717) is 5.82 Å². The maximum absolute atomic E-state index is 11.6. The summed E-state index contributed by atoms with van der Waals surface area (Å²) in [4.78, 5) is 15.7. The van der Waals surface area contributed by atoms with Gasteiger partial charge >= 0.3 is 0 Å². The third kappa shape index (κ3) is 1.98. The Morgan fingerprint density at radius 1 is 1.47 bits per heavy atom. The van der Waals surface area contributed by atoms with Gasteiger partial charge in [-0.25, -0.2) is 9.67 Å². The van der Waals surface area contributed by atoms with E-state index < -0.39 is 0 Å². The highest BCUT2D eigenvalue weighted by atomic mass is 16.1. The molecule has 0 fully saturated rings. The van der Waals surface area contributed by atoms with Crippen LogP contribution in [0.4, 0.5) is 0 Å². The predicted octanol–water partition coefficient (Wildman–Crippen LogP) is 1.51. The molecular weight excluding hydrogens is 190 g/mol. The van der Waals surface area contributed by atoms with Crippen molar-refractivity contribution in [3.63, 3.8) is 0 Å². The number of hydrogen-bond donors (Lipinski definition) is 1. The minimum Gasteiger partial charge on any atom is -0.294 e. The first-order valence-corrected chi connectivity index (χ1v) is 5.03. The second kappa shape index (κ2) is 4.13. The van der Waals surface area contributed by atoms with Crippen molar-refractivity contribution in [2.75, 3.05) is 0 Å². The Morgan fingerprint density at radius 3 is 3.00 bits per heavy atom. The molecule has 0 saturated heterocycles. The van der Waals surface area contributed by atoms with Crippen LogP contribution < -0.4 is 5.56 Å². The van der Waals surface area contributed by atoms with Crippen molar-refractivity contribution in [1.29, 1.82) is 0 Å². The van der Waals surface area contributed by atoms with Gasteiger partial charge in [-0.05, 0) is 18.6 Å². The molecule has 0 aliphatic carbocycles. The predicted molar refractivity (Wildman–Crippen MR) is 58.2 cm³/mol. The lowest BCUT2D eigenvalue weighted by Crippen LogP contribution is -2.14. The SMILES string of the molecule is CCCc1cc(=O)n(-c2ccccn2)[nH]1. The van der Waals surface area contributed by atoms with Crippen LogP contribution in [0.5, 0.6) is 0 Å². The van der Waals surface area contributed by atoms with Gasteiger partial charge in [-0.2, -0.15) is 0 Å². The van der Waals surface area contributed by atoms with Gasteiger partial charge in [0.25, 0.3) is 5.56 Å². The minimum absolute atomic E-state index is 0.0582. The second-order valence-corrected chi connectivity index (χ2v) is 3.39. The Morgan fingerprint density at radius 2 is 2.33 bits per heavy atom. The molecule has 78 valence electrons. The van der Waals surface area contributed by atoms with Crippen molar-refractivity contribution in [3.8, 4) is 5.82 Å². The molecule has 0 aliphatic rings. The first kappa shape index (κ1) is 9.71. The second-order valence-electron chi connectivity index (χ2n) is 3.39. The largest absolute Gasteiger partial charge is 0.294 e. The molecule has 0 unspecified atom stereocenters. The molecule has 0 radical (unpaired) electrons. The average molecular weight is 203 g/mol. The van der Waals surface area contributed by atoms with Crippen LogP contribution in [0.3, 0.4) is 0 Å². The third-order valence-electron chi connectivity index (χ3n) is 2.17. The molecule has 2 heterocycles. The lowest BCUT2D eigenvalue weighted by molar-refractivity contribution is 0.775. The molecule has 0 spiro atoms. The van der Waals surface area contributed by atoms with E-state index in [9.17, 15) is 4.79 Å². The van der Waals surface area contributed by atoms with Crippen LogP contribution in [0.25, 0.3) is 5.82 Å². The van der Waals surface area contributed by atoms with Crippen molar-refractivity contribution < 1.29 is 0 Å². The fourth-order valence-corrected chi connectivity index (χ4v) is 1.50. The van der Waals surface area contributed by atoms with E-state index in [-0.39, 0.29) is 5.56 Å². The number of nitrogens with one attached hydrogen (secondary N) is 1. The smallest absolute Gasteiger partial charge is 0.272 e. The number of rotatable bonds is 3. The molecule has 2 rings (SSSR count). The Kier molecular flexibility index (Phi) is 2.67. The summed E-state index contributed by atoms with van der Waals surface area (Å²) in [5, 5.41) is 3.04. The van der Waals surface area contributed by atoms with Crippen molar-refractivity contribution >= 4 is 0 Å². The van der Waals surface area contributed by atoms with Crippen LogP contribution in [0.2, 0.25) is 0 Å². The molecule has 4 nitrogen and oxygen atoms in total. The van der Waals surface area contributed by atoms with E-state index in [4.69, 9.17) is 0 Å². The van der Waals surface area contributed by atoms with Gasteiger partial charge in [0.15, 0.2) is 5.82 Å². The standard InChI is InChI=1S/C11H13N3O/c1-2-5-9-8-11(15)14(13-9)10-6-3-4-7-12-10/h3-4,6-8,13H,2,5H2,1H3. The molecule has 0 aliphatic heterocycles. The van der Waals surface area contributed by atoms with Crippen LogP contribution in [0.1, 0.15) is 19.0 Å². The lowest BCUT2D eigenvalue weighted by Gasteiger charge is -1.99. The summed E-state index contributed by atoms with van der Waals surface area (Å²) < 4.78 is 1.46. The van der Waals surface area contributed by atoms with Gasteiger partial charge in [0.2, 0.25) is 0 Å². The van der Waals surface area contributed by atoms with Gasteiger partial charge in [0.05, 0.1) is 0 Å². The molecule has 15 heavy (non-hydrogen) atoms. The highest BCUT2D eigenvalue weighted by Crippen LogP contribution is 2.01. The number of pyridine rings is 1. The lowest BCUT2D eigenvalue weighted by atomic mass is 10.3. The number of aromatic nitrogens is 3. The Hall–Kier alpha value is -1.84. The summed E-state index contributed by atoms with van der Waals surface area (Å²) in [5.41, 5.74) is 0.894. The Bertz CT molecular complexity index is 484. The zero-order valence-electron chi connectivity index (χ0n) is 8.60. The topological polar surface area (TPSA) is 50.7 Å². The van der Waals surface area contributed by atoms with Crippen LogP contribution in [0.15, 0.2) is 35.3 Å². The first-order chi connectivity index (χ1) is 7.31. The number of aromatic amines is 1. The molecule has 0 amide bonds. The van der Waals surface area contributed by atoms with Gasteiger partial charge in [-0.1, -0.05) is 19.4 Å². The minimum atomic E-state index is -0.0582. The Balaban J connectivity index is 2.41. The van der Waals surface area contributed by atoms with E-state index in [1.54, 1.807) is 18.3 Å². The van der Waals surface area contributed by atoms with E-state index >= 15 is 0 Å². The molecule has 2 aromatic heterocycles. The summed E-state index contributed by atoms with van der Waals surface area (Å²) in [6.45, 7) is 2.08. The van der Waals surface area contributed by atoms with Crippen molar-refractivity contribution in [3.05, 3.63) is 46.5 Å².